The molecule has 0 saturated heterocycles. The number of carboxylic acids is 1. The lowest BCUT2D eigenvalue weighted by Crippen LogP contribution is -2.43. The summed E-state index contributed by atoms with van der Waals surface area (Å²) in [6.45, 7) is 1.36. The monoisotopic (exact) mass is 280 g/mol. The van der Waals surface area contributed by atoms with Crippen molar-refractivity contribution in [3.63, 3.8) is 0 Å². The van der Waals surface area contributed by atoms with Crippen molar-refractivity contribution in [3.05, 3.63) is 39.9 Å². The SMILES string of the molecule is CNC(=O)C(C)(CCc1ccc([N+](=O)[O-])cc1)C(=O)O. The quantitative estimate of drug-likeness (QED) is 0.464. The number of rotatable bonds is 6. The number of non-ortho nitro benzene ring substituents is 1. The number of amides is 1. The van der Waals surface area contributed by atoms with Crippen LogP contribution in [0.2, 0.25) is 0 Å². The summed E-state index contributed by atoms with van der Waals surface area (Å²) in [6, 6.07) is 5.83. The maximum atomic E-state index is 11.7. The van der Waals surface area contributed by atoms with Gasteiger partial charge in [0.15, 0.2) is 0 Å². The average molecular weight is 280 g/mol. The van der Waals surface area contributed by atoms with Crippen LogP contribution in [-0.2, 0) is 16.0 Å². The van der Waals surface area contributed by atoms with Crippen LogP contribution >= 0.6 is 0 Å². The van der Waals surface area contributed by atoms with Gasteiger partial charge < -0.3 is 10.4 Å². The Morgan fingerprint density at radius 3 is 2.30 bits per heavy atom. The number of nitro groups is 1. The molecule has 1 atom stereocenters. The third-order valence-corrected chi connectivity index (χ3v) is 3.26. The third-order valence-electron chi connectivity index (χ3n) is 3.26. The molecule has 108 valence electrons. The van der Waals surface area contributed by atoms with Gasteiger partial charge in [0, 0.05) is 19.2 Å². The van der Waals surface area contributed by atoms with Gasteiger partial charge >= 0.3 is 5.97 Å². The number of nitrogens with zero attached hydrogens (tertiary/aromatic N) is 1. The molecular weight excluding hydrogens is 264 g/mol. The number of aliphatic carboxylic acids is 1. The van der Waals surface area contributed by atoms with Gasteiger partial charge in [0.25, 0.3) is 5.69 Å². The minimum Gasteiger partial charge on any atom is -0.480 e. The molecule has 0 aromatic heterocycles. The van der Waals surface area contributed by atoms with Crippen molar-refractivity contribution in [3.8, 4) is 0 Å². The minimum absolute atomic E-state index is 0.0268. The lowest BCUT2D eigenvalue weighted by atomic mass is 9.83. The Morgan fingerprint density at radius 2 is 1.90 bits per heavy atom. The van der Waals surface area contributed by atoms with E-state index < -0.39 is 22.2 Å². The van der Waals surface area contributed by atoms with Crippen molar-refractivity contribution in [2.45, 2.75) is 19.8 Å². The Hall–Kier alpha value is -2.44. The maximum absolute atomic E-state index is 11.7. The van der Waals surface area contributed by atoms with Gasteiger partial charge in [-0.25, -0.2) is 0 Å². The van der Waals surface area contributed by atoms with E-state index in [0.29, 0.717) is 6.42 Å². The number of benzene rings is 1. The number of carboxylic acid groups (broad SMARTS) is 1. The summed E-state index contributed by atoms with van der Waals surface area (Å²) in [4.78, 5) is 32.9. The Kier molecular flexibility index (Phi) is 4.79. The number of nitrogens with one attached hydrogen (secondary N) is 1. The highest BCUT2D eigenvalue weighted by molar-refractivity contribution is 6.01. The van der Waals surface area contributed by atoms with Crippen molar-refractivity contribution in [1.29, 1.82) is 0 Å². The predicted molar refractivity (Wildman–Crippen MR) is 71.2 cm³/mol. The van der Waals surface area contributed by atoms with E-state index in [2.05, 4.69) is 5.32 Å². The van der Waals surface area contributed by atoms with E-state index in [9.17, 15) is 24.8 Å². The first-order chi connectivity index (χ1) is 9.31. The summed E-state index contributed by atoms with van der Waals surface area (Å²) in [6.07, 6.45) is 0.452. The Labute approximate surface area is 115 Å². The van der Waals surface area contributed by atoms with Crippen LogP contribution < -0.4 is 5.32 Å². The fourth-order valence-corrected chi connectivity index (χ4v) is 1.77. The summed E-state index contributed by atoms with van der Waals surface area (Å²) in [7, 11) is 1.38. The molecule has 0 bridgehead atoms. The molecule has 7 heteroatoms. The smallest absolute Gasteiger partial charge is 0.318 e. The van der Waals surface area contributed by atoms with Gasteiger partial charge in [-0.1, -0.05) is 12.1 Å². The van der Waals surface area contributed by atoms with Gasteiger partial charge in [0.1, 0.15) is 5.41 Å². The molecule has 0 heterocycles. The molecule has 1 amide bonds. The molecular formula is C13H16N2O5. The summed E-state index contributed by atoms with van der Waals surface area (Å²) >= 11 is 0. The van der Waals surface area contributed by atoms with Crippen LogP contribution in [0.25, 0.3) is 0 Å². The van der Waals surface area contributed by atoms with E-state index in [1.807, 2.05) is 0 Å². The minimum atomic E-state index is -1.52. The molecule has 0 radical (unpaired) electrons. The zero-order valence-electron chi connectivity index (χ0n) is 11.3. The second kappa shape index (κ2) is 6.14. The number of hydrogen-bond acceptors (Lipinski definition) is 4. The number of carbonyl (C=O) groups is 2. The number of hydrogen-bond donors (Lipinski definition) is 2. The van der Waals surface area contributed by atoms with Gasteiger partial charge in [-0.05, 0) is 25.3 Å². The molecule has 2 N–H and O–H groups in total. The topological polar surface area (TPSA) is 110 Å². The zero-order valence-corrected chi connectivity index (χ0v) is 11.3. The standard InChI is InChI=1S/C13H16N2O5/c1-13(12(17)18,11(16)14-2)8-7-9-3-5-10(6-4-9)15(19)20/h3-6H,7-8H2,1-2H3,(H,14,16)(H,17,18). The summed E-state index contributed by atoms with van der Waals surface area (Å²) < 4.78 is 0. The highest BCUT2D eigenvalue weighted by atomic mass is 16.6. The van der Waals surface area contributed by atoms with Crippen molar-refractivity contribution < 1.29 is 19.6 Å². The highest BCUT2D eigenvalue weighted by Crippen LogP contribution is 2.25. The molecule has 0 fully saturated rings. The average Bonchev–Trinajstić information content (AvgIpc) is 2.43. The normalized spacial score (nSPS) is 13.3. The van der Waals surface area contributed by atoms with Crippen LogP contribution in [0.15, 0.2) is 24.3 Å². The lowest BCUT2D eigenvalue weighted by molar-refractivity contribution is -0.384. The molecule has 0 aliphatic heterocycles. The molecule has 0 spiro atoms. The van der Waals surface area contributed by atoms with Crippen LogP contribution in [-0.4, -0.2) is 29.0 Å². The van der Waals surface area contributed by atoms with Crippen LogP contribution in [0.4, 0.5) is 5.69 Å². The second-order valence-electron chi connectivity index (χ2n) is 4.64. The van der Waals surface area contributed by atoms with E-state index in [4.69, 9.17) is 0 Å². The van der Waals surface area contributed by atoms with Crippen LogP contribution in [0.1, 0.15) is 18.9 Å². The first-order valence-electron chi connectivity index (χ1n) is 6.00. The van der Waals surface area contributed by atoms with Crippen LogP contribution in [0.3, 0.4) is 0 Å². The van der Waals surface area contributed by atoms with E-state index in [0.717, 1.165) is 5.56 Å². The van der Waals surface area contributed by atoms with Crippen molar-refractivity contribution in [2.24, 2.45) is 5.41 Å². The zero-order chi connectivity index (χ0) is 15.3. The van der Waals surface area contributed by atoms with E-state index in [-0.39, 0.29) is 12.1 Å². The summed E-state index contributed by atoms with van der Waals surface area (Å²) in [5.74, 6) is -1.76. The predicted octanol–water partition coefficient (Wildman–Crippen LogP) is 1.36. The Balaban J connectivity index is 2.80. The first kappa shape index (κ1) is 15.6. The van der Waals surface area contributed by atoms with Gasteiger partial charge in [-0.15, -0.1) is 0 Å². The molecule has 1 unspecified atom stereocenters. The number of carbonyl (C=O) groups excluding carboxylic acids is 1. The Bertz CT molecular complexity index is 526. The van der Waals surface area contributed by atoms with Crippen LogP contribution in [0.5, 0.6) is 0 Å². The molecule has 0 saturated carbocycles. The Morgan fingerprint density at radius 1 is 1.35 bits per heavy atom. The first-order valence-corrected chi connectivity index (χ1v) is 6.00. The van der Waals surface area contributed by atoms with Gasteiger partial charge in [-0.3, -0.25) is 19.7 Å². The fraction of sp³-hybridized carbons (Fsp3) is 0.385. The summed E-state index contributed by atoms with van der Waals surface area (Å²) in [5.41, 5.74) is -0.802. The van der Waals surface area contributed by atoms with E-state index in [1.165, 1.54) is 26.1 Å². The van der Waals surface area contributed by atoms with Crippen molar-refractivity contribution >= 4 is 17.6 Å². The molecule has 1 aromatic rings. The van der Waals surface area contributed by atoms with Gasteiger partial charge in [0.05, 0.1) is 4.92 Å². The molecule has 1 rings (SSSR count). The van der Waals surface area contributed by atoms with Crippen molar-refractivity contribution in [2.75, 3.05) is 7.05 Å². The third kappa shape index (κ3) is 3.31. The molecule has 0 aliphatic carbocycles. The van der Waals surface area contributed by atoms with Crippen LogP contribution in [0, 0.1) is 15.5 Å². The fourth-order valence-electron chi connectivity index (χ4n) is 1.77. The largest absolute Gasteiger partial charge is 0.480 e. The van der Waals surface area contributed by atoms with Gasteiger partial charge in [0.2, 0.25) is 5.91 Å². The highest BCUT2D eigenvalue weighted by Gasteiger charge is 2.40. The lowest BCUT2D eigenvalue weighted by Gasteiger charge is -2.22. The van der Waals surface area contributed by atoms with Gasteiger partial charge in [-0.2, -0.15) is 0 Å². The van der Waals surface area contributed by atoms with E-state index in [1.54, 1.807) is 12.1 Å². The molecule has 20 heavy (non-hydrogen) atoms. The number of aryl methyl sites for hydroxylation is 1. The molecule has 1 aromatic carbocycles. The molecule has 7 nitrogen and oxygen atoms in total. The second-order valence-corrected chi connectivity index (χ2v) is 4.64. The maximum Gasteiger partial charge on any atom is 0.318 e. The number of nitro benzene ring substituents is 1. The van der Waals surface area contributed by atoms with E-state index >= 15 is 0 Å². The molecule has 0 aliphatic rings. The van der Waals surface area contributed by atoms with Crippen molar-refractivity contribution in [1.82, 2.24) is 5.32 Å². The summed E-state index contributed by atoms with van der Waals surface area (Å²) in [5, 5.41) is 22.0.